The number of carbonyl (C=O) groups is 1. The minimum Gasteiger partial charge on any atom is -0.493 e. The first-order valence-electron chi connectivity index (χ1n) is 10.2. The molecule has 1 N–H and O–H groups in total. The zero-order valence-corrected chi connectivity index (χ0v) is 19.2. The topological polar surface area (TPSA) is 103 Å². The van der Waals surface area contributed by atoms with Crippen molar-refractivity contribution < 1.29 is 32.2 Å². The SMILES string of the molecule is COc1cc(C(=O)NCCc2ccc(S(=O)(=O)N3CCOCC3)cc2)cc(OC)c1OC. The fourth-order valence-corrected chi connectivity index (χ4v) is 4.81. The lowest BCUT2D eigenvalue weighted by molar-refractivity contribution is 0.0730. The lowest BCUT2D eigenvalue weighted by atomic mass is 10.1. The van der Waals surface area contributed by atoms with Gasteiger partial charge in [-0.05, 0) is 36.2 Å². The van der Waals surface area contributed by atoms with Gasteiger partial charge in [-0.15, -0.1) is 0 Å². The summed E-state index contributed by atoms with van der Waals surface area (Å²) in [4.78, 5) is 12.8. The highest BCUT2D eigenvalue weighted by atomic mass is 32.2. The number of nitrogens with zero attached hydrogens (tertiary/aromatic N) is 1. The average Bonchev–Trinajstić information content (AvgIpc) is 2.83. The van der Waals surface area contributed by atoms with Crippen LogP contribution in [-0.4, -0.2) is 72.8 Å². The van der Waals surface area contributed by atoms with Gasteiger partial charge in [-0.2, -0.15) is 4.31 Å². The van der Waals surface area contributed by atoms with Crippen molar-refractivity contribution >= 4 is 15.9 Å². The van der Waals surface area contributed by atoms with E-state index in [9.17, 15) is 13.2 Å². The van der Waals surface area contributed by atoms with E-state index >= 15 is 0 Å². The van der Waals surface area contributed by atoms with E-state index in [1.807, 2.05) is 0 Å². The van der Waals surface area contributed by atoms with Crippen LogP contribution >= 0.6 is 0 Å². The van der Waals surface area contributed by atoms with Crippen LogP contribution in [0.5, 0.6) is 17.2 Å². The number of hydrogen-bond donors (Lipinski definition) is 1. The molecule has 1 amide bonds. The zero-order valence-electron chi connectivity index (χ0n) is 18.4. The third-order valence-corrected chi connectivity index (χ3v) is 7.07. The van der Waals surface area contributed by atoms with Crippen LogP contribution in [-0.2, 0) is 21.2 Å². The van der Waals surface area contributed by atoms with Gasteiger partial charge >= 0.3 is 0 Å². The van der Waals surface area contributed by atoms with Crippen molar-refractivity contribution in [3.05, 3.63) is 47.5 Å². The van der Waals surface area contributed by atoms with Crippen molar-refractivity contribution in [1.29, 1.82) is 0 Å². The molecular weight excluding hydrogens is 436 g/mol. The summed E-state index contributed by atoms with van der Waals surface area (Å²) in [6.45, 7) is 1.91. The highest BCUT2D eigenvalue weighted by Crippen LogP contribution is 2.38. The molecule has 0 saturated carbocycles. The summed E-state index contributed by atoms with van der Waals surface area (Å²) < 4.78 is 47.9. The molecule has 0 atom stereocenters. The largest absolute Gasteiger partial charge is 0.493 e. The minimum atomic E-state index is -3.52. The fraction of sp³-hybridized carbons (Fsp3) is 0.409. The maximum atomic E-state index is 12.7. The van der Waals surface area contributed by atoms with Crippen molar-refractivity contribution in [2.45, 2.75) is 11.3 Å². The monoisotopic (exact) mass is 464 g/mol. The lowest BCUT2D eigenvalue weighted by Crippen LogP contribution is -2.40. The van der Waals surface area contributed by atoms with E-state index in [2.05, 4.69) is 5.32 Å². The normalized spacial score (nSPS) is 14.6. The first-order valence-corrected chi connectivity index (χ1v) is 11.6. The van der Waals surface area contributed by atoms with E-state index < -0.39 is 10.0 Å². The molecule has 0 unspecified atom stereocenters. The Balaban J connectivity index is 1.60. The van der Waals surface area contributed by atoms with Gasteiger partial charge in [0.25, 0.3) is 5.91 Å². The van der Waals surface area contributed by atoms with E-state index in [0.29, 0.717) is 62.1 Å². The molecule has 1 heterocycles. The van der Waals surface area contributed by atoms with Gasteiger partial charge < -0.3 is 24.3 Å². The molecule has 1 aliphatic rings. The van der Waals surface area contributed by atoms with E-state index in [1.165, 1.54) is 25.6 Å². The van der Waals surface area contributed by atoms with E-state index in [1.54, 1.807) is 36.4 Å². The fourth-order valence-electron chi connectivity index (χ4n) is 3.40. The Bertz CT molecular complexity index is 1010. The minimum absolute atomic E-state index is 0.254. The number of amides is 1. The van der Waals surface area contributed by atoms with Crippen LogP contribution in [0.3, 0.4) is 0 Å². The number of sulfonamides is 1. The van der Waals surface area contributed by atoms with Gasteiger partial charge in [0, 0.05) is 25.2 Å². The second-order valence-electron chi connectivity index (χ2n) is 7.08. The smallest absolute Gasteiger partial charge is 0.251 e. The van der Waals surface area contributed by atoms with Crippen LogP contribution in [0.15, 0.2) is 41.3 Å². The summed E-state index contributed by atoms with van der Waals surface area (Å²) in [5.41, 5.74) is 1.29. The van der Waals surface area contributed by atoms with Crippen LogP contribution in [0, 0.1) is 0 Å². The first kappa shape index (κ1) is 23.8. The number of nitrogens with one attached hydrogen (secondary N) is 1. The molecule has 0 aromatic heterocycles. The van der Waals surface area contributed by atoms with E-state index in [4.69, 9.17) is 18.9 Å². The molecular formula is C22H28N2O7S. The zero-order chi connectivity index (χ0) is 23.1. The van der Waals surface area contributed by atoms with Crippen molar-refractivity contribution in [3.63, 3.8) is 0 Å². The van der Waals surface area contributed by atoms with Gasteiger partial charge in [-0.3, -0.25) is 4.79 Å². The van der Waals surface area contributed by atoms with Gasteiger partial charge in [0.1, 0.15) is 0 Å². The summed E-state index contributed by atoms with van der Waals surface area (Å²) >= 11 is 0. The van der Waals surface area contributed by atoms with Crippen molar-refractivity contribution in [2.75, 3.05) is 54.2 Å². The molecule has 10 heteroatoms. The Labute approximate surface area is 188 Å². The van der Waals surface area contributed by atoms with Gasteiger partial charge in [-0.1, -0.05) is 12.1 Å². The summed E-state index contributed by atoms with van der Waals surface area (Å²) in [6, 6.07) is 9.89. The Kier molecular flexibility index (Phi) is 7.94. The Morgan fingerprint density at radius 2 is 1.59 bits per heavy atom. The number of carbonyl (C=O) groups excluding carboxylic acids is 1. The number of hydrogen-bond acceptors (Lipinski definition) is 7. The Hall–Kier alpha value is -2.82. The van der Waals surface area contributed by atoms with E-state index in [0.717, 1.165) is 5.56 Å². The van der Waals surface area contributed by atoms with Crippen molar-refractivity contribution in [3.8, 4) is 17.2 Å². The number of benzene rings is 2. The summed E-state index contributed by atoms with van der Waals surface area (Å²) in [5.74, 6) is 0.928. The number of methoxy groups -OCH3 is 3. The average molecular weight is 465 g/mol. The molecule has 32 heavy (non-hydrogen) atoms. The van der Waals surface area contributed by atoms with Crippen LogP contribution in [0.4, 0.5) is 0 Å². The molecule has 1 fully saturated rings. The molecule has 9 nitrogen and oxygen atoms in total. The maximum absolute atomic E-state index is 12.7. The van der Waals surface area contributed by atoms with Crippen LogP contribution in [0.25, 0.3) is 0 Å². The van der Waals surface area contributed by atoms with Gasteiger partial charge in [0.2, 0.25) is 15.8 Å². The third kappa shape index (κ3) is 5.32. The number of rotatable bonds is 9. The predicted octanol–water partition coefficient (Wildman–Crippen LogP) is 1.71. The molecule has 1 saturated heterocycles. The van der Waals surface area contributed by atoms with Crippen LogP contribution in [0.2, 0.25) is 0 Å². The second kappa shape index (κ2) is 10.7. The summed E-state index contributed by atoms with van der Waals surface area (Å²) in [7, 11) is 0.955. The Morgan fingerprint density at radius 3 is 2.12 bits per heavy atom. The third-order valence-electron chi connectivity index (χ3n) is 5.16. The standard InChI is InChI=1S/C22H28N2O7S/c1-28-19-14-17(15-20(29-2)21(19)30-3)22(25)23-9-8-16-4-6-18(7-5-16)32(26,27)24-10-12-31-13-11-24/h4-7,14-15H,8-13H2,1-3H3,(H,23,25). The molecule has 0 aliphatic carbocycles. The van der Waals surface area contributed by atoms with Gasteiger partial charge in [-0.25, -0.2) is 8.42 Å². The van der Waals surface area contributed by atoms with E-state index in [-0.39, 0.29) is 10.8 Å². The predicted molar refractivity (Wildman–Crippen MR) is 118 cm³/mol. The molecule has 1 aliphatic heterocycles. The van der Waals surface area contributed by atoms with Crippen LogP contribution in [0.1, 0.15) is 15.9 Å². The maximum Gasteiger partial charge on any atom is 0.251 e. The summed E-state index contributed by atoms with van der Waals surface area (Å²) in [5, 5.41) is 2.85. The molecule has 2 aromatic carbocycles. The van der Waals surface area contributed by atoms with Crippen molar-refractivity contribution in [1.82, 2.24) is 9.62 Å². The molecule has 0 bridgehead atoms. The molecule has 0 radical (unpaired) electrons. The molecule has 174 valence electrons. The molecule has 2 aromatic rings. The molecule has 3 rings (SSSR count). The van der Waals surface area contributed by atoms with Gasteiger partial charge in [0.05, 0.1) is 39.4 Å². The Morgan fingerprint density at radius 1 is 1.00 bits per heavy atom. The molecule has 0 spiro atoms. The van der Waals surface area contributed by atoms with Gasteiger partial charge in [0.15, 0.2) is 11.5 Å². The quantitative estimate of drug-likeness (QED) is 0.603. The highest BCUT2D eigenvalue weighted by Gasteiger charge is 2.26. The first-order chi connectivity index (χ1) is 15.4. The van der Waals surface area contributed by atoms with Crippen molar-refractivity contribution in [2.24, 2.45) is 0 Å². The number of morpholine rings is 1. The highest BCUT2D eigenvalue weighted by molar-refractivity contribution is 7.89. The summed E-state index contributed by atoms with van der Waals surface area (Å²) in [6.07, 6.45) is 0.550. The number of ether oxygens (including phenoxy) is 4. The second-order valence-corrected chi connectivity index (χ2v) is 9.02. The van der Waals surface area contributed by atoms with Crippen LogP contribution < -0.4 is 19.5 Å². The lowest BCUT2D eigenvalue weighted by Gasteiger charge is -2.26.